The van der Waals surface area contributed by atoms with Crippen molar-refractivity contribution in [3.63, 3.8) is 0 Å². The van der Waals surface area contributed by atoms with Crippen LogP contribution in [0.4, 0.5) is 5.69 Å². The molecule has 1 aliphatic rings. The van der Waals surface area contributed by atoms with Gasteiger partial charge in [0.15, 0.2) is 0 Å². The molecule has 1 fully saturated rings. The van der Waals surface area contributed by atoms with Crippen molar-refractivity contribution in [2.75, 3.05) is 24.5 Å². The fraction of sp³-hybridized carbons (Fsp3) is 0.364. The summed E-state index contributed by atoms with van der Waals surface area (Å²) in [5.41, 5.74) is 0.979. The van der Waals surface area contributed by atoms with Crippen LogP contribution >= 0.6 is 15.9 Å². The zero-order valence-electron chi connectivity index (χ0n) is 8.37. The third kappa shape index (κ3) is 2.58. The summed E-state index contributed by atoms with van der Waals surface area (Å²) in [6, 6.07) is 7.85. The van der Waals surface area contributed by atoms with E-state index in [0.717, 1.165) is 29.8 Å². The molecular weight excluding hydrogens is 256 g/mol. The van der Waals surface area contributed by atoms with E-state index >= 15 is 0 Å². The summed E-state index contributed by atoms with van der Waals surface area (Å²) in [5, 5.41) is 3.22. The van der Waals surface area contributed by atoms with Gasteiger partial charge in [-0.05, 0) is 24.3 Å². The molecule has 1 amide bonds. The highest BCUT2D eigenvalue weighted by atomic mass is 79.9. The maximum Gasteiger partial charge on any atom is 0.228 e. The van der Waals surface area contributed by atoms with E-state index < -0.39 is 0 Å². The number of hydrogen-bond donors (Lipinski definition) is 1. The molecule has 1 aromatic carbocycles. The van der Waals surface area contributed by atoms with Crippen molar-refractivity contribution in [2.45, 2.75) is 6.42 Å². The number of carbonyl (C=O) groups excluding carboxylic acids is 1. The standard InChI is InChI=1S/C11H13BrN2O/c12-9-1-3-10(4-2-9)14-8-7-13-6-5-11(14)15/h1-4,13H,5-8H2. The summed E-state index contributed by atoms with van der Waals surface area (Å²) < 4.78 is 1.03. The molecule has 0 aliphatic carbocycles. The fourth-order valence-corrected chi connectivity index (χ4v) is 1.93. The summed E-state index contributed by atoms with van der Waals surface area (Å²) in [4.78, 5) is 13.6. The van der Waals surface area contributed by atoms with Crippen molar-refractivity contribution in [1.29, 1.82) is 0 Å². The summed E-state index contributed by atoms with van der Waals surface area (Å²) in [6.07, 6.45) is 0.579. The number of carbonyl (C=O) groups is 1. The molecule has 1 aromatic rings. The first-order valence-corrected chi connectivity index (χ1v) is 5.83. The molecule has 1 heterocycles. The van der Waals surface area contributed by atoms with Crippen LogP contribution in [0.5, 0.6) is 0 Å². The minimum Gasteiger partial charge on any atom is -0.314 e. The van der Waals surface area contributed by atoms with Crippen molar-refractivity contribution < 1.29 is 4.79 Å². The van der Waals surface area contributed by atoms with E-state index in [1.165, 1.54) is 0 Å². The van der Waals surface area contributed by atoms with Gasteiger partial charge in [0.2, 0.25) is 5.91 Å². The second kappa shape index (κ2) is 4.77. The van der Waals surface area contributed by atoms with Crippen LogP contribution in [0.1, 0.15) is 6.42 Å². The Hall–Kier alpha value is -0.870. The van der Waals surface area contributed by atoms with Crippen molar-refractivity contribution in [1.82, 2.24) is 5.32 Å². The molecule has 15 heavy (non-hydrogen) atoms. The third-order valence-electron chi connectivity index (χ3n) is 2.47. The van der Waals surface area contributed by atoms with Gasteiger partial charge < -0.3 is 10.2 Å². The van der Waals surface area contributed by atoms with Gasteiger partial charge in [-0.25, -0.2) is 0 Å². The molecule has 0 aromatic heterocycles. The Morgan fingerprint density at radius 1 is 1.20 bits per heavy atom. The number of hydrogen-bond acceptors (Lipinski definition) is 2. The largest absolute Gasteiger partial charge is 0.314 e. The van der Waals surface area contributed by atoms with Crippen LogP contribution in [-0.2, 0) is 4.79 Å². The summed E-state index contributed by atoms with van der Waals surface area (Å²) in [5.74, 6) is 0.197. The van der Waals surface area contributed by atoms with Gasteiger partial charge in [-0.15, -0.1) is 0 Å². The average molecular weight is 269 g/mol. The maximum absolute atomic E-state index is 11.8. The Labute approximate surface area is 97.6 Å². The number of nitrogens with zero attached hydrogens (tertiary/aromatic N) is 1. The minimum absolute atomic E-state index is 0.197. The Morgan fingerprint density at radius 3 is 2.67 bits per heavy atom. The molecule has 4 heteroatoms. The average Bonchev–Trinajstić information content (AvgIpc) is 2.44. The first-order valence-electron chi connectivity index (χ1n) is 5.04. The van der Waals surface area contributed by atoms with Gasteiger partial charge in [-0.2, -0.15) is 0 Å². The van der Waals surface area contributed by atoms with Crippen molar-refractivity contribution in [3.05, 3.63) is 28.7 Å². The molecule has 0 unspecified atom stereocenters. The van der Waals surface area contributed by atoms with Crippen LogP contribution in [0, 0.1) is 0 Å². The van der Waals surface area contributed by atoms with E-state index in [4.69, 9.17) is 0 Å². The molecule has 80 valence electrons. The van der Waals surface area contributed by atoms with Crippen LogP contribution in [0.15, 0.2) is 28.7 Å². The SMILES string of the molecule is O=C1CCNCCN1c1ccc(Br)cc1. The highest BCUT2D eigenvalue weighted by Crippen LogP contribution is 2.19. The highest BCUT2D eigenvalue weighted by molar-refractivity contribution is 9.10. The van der Waals surface area contributed by atoms with Gasteiger partial charge in [-0.1, -0.05) is 15.9 Å². The maximum atomic E-state index is 11.8. The van der Waals surface area contributed by atoms with Gasteiger partial charge in [0.1, 0.15) is 0 Å². The van der Waals surface area contributed by atoms with Gasteiger partial charge in [-0.3, -0.25) is 4.79 Å². The van der Waals surface area contributed by atoms with E-state index in [9.17, 15) is 4.79 Å². The second-order valence-electron chi connectivity index (χ2n) is 3.52. The molecule has 0 bridgehead atoms. The molecule has 1 N–H and O–H groups in total. The monoisotopic (exact) mass is 268 g/mol. The molecule has 2 rings (SSSR count). The summed E-state index contributed by atoms with van der Waals surface area (Å²) >= 11 is 3.38. The number of amides is 1. The first-order chi connectivity index (χ1) is 7.27. The normalized spacial score (nSPS) is 17.7. The van der Waals surface area contributed by atoms with Gasteiger partial charge in [0.05, 0.1) is 0 Å². The molecule has 3 nitrogen and oxygen atoms in total. The van der Waals surface area contributed by atoms with E-state index in [1.807, 2.05) is 29.2 Å². The van der Waals surface area contributed by atoms with Crippen LogP contribution in [0.3, 0.4) is 0 Å². The van der Waals surface area contributed by atoms with Crippen molar-refractivity contribution in [2.24, 2.45) is 0 Å². The number of benzene rings is 1. The van der Waals surface area contributed by atoms with E-state index in [1.54, 1.807) is 0 Å². The molecule has 0 atom stereocenters. The van der Waals surface area contributed by atoms with E-state index in [2.05, 4.69) is 21.2 Å². The molecular formula is C11H13BrN2O. The smallest absolute Gasteiger partial charge is 0.228 e. The Balaban J connectivity index is 2.20. The Morgan fingerprint density at radius 2 is 1.93 bits per heavy atom. The van der Waals surface area contributed by atoms with Crippen LogP contribution in [0.25, 0.3) is 0 Å². The zero-order chi connectivity index (χ0) is 10.7. The van der Waals surface area contributed by atoms with E-state index in [0.29, 0.717) is 6.42 Å². The third-order valence-corrected chi connectivity index (χ3v) is 3.00. The number of nitrogens with one attached hydrogen (secondary N) is 1. The van der Waals surface area contributed by atoms with Gasteiger partial charge in [0.25, 0.3) is 0 Å². The highest BCUT2D eigenvalue weighted by Gasteiger charge is 2.17. The Bertz CT molecular complexity index is 350. The van der Waals surface area contributed by atoms with Gasteiger partial charge in [0, 0.05) is 36.2 Å². The summed E-state index contributed by atoms with van der Waals surface area (Å²) in [7, 11) is 0. The lowest BCUT2D eigenvalue weighted by Gasteiger charge is -2.20. The van der Waals surface area contributed by atoms with Crippen LogP contribution in [-0.4, -0.2) is 25.5 Å². The lowest BCUT2D eigenvalue weighted by Crippen LogP contribution is -2.32. The molecule has 1 saturated heterocycles. The fourth-order valence-electron chi connectivity index (χ4n) is 1.66. The van der Waals surface area contributed by atoms with Crippen molar-refractivity contribution >= 4 is 27.5 Å². The number of rotatable bonds is 1. The van der Waals surface area contributed by atoms with Crippen LogP contribution in [0.2, 0.25) is 0 Å². The van der Waals surface area contributed by atoms with Gasteiger partial charge >= 0.3 is 0 Å². The molecule has 1 aliphatic heterocycles. The number of anilines is 1. The summed E-state index contributed by atoms with van der Waals surface area (Å²) in [6.45, 7) is 2.40. The topological polar surface area (TPSA) is 32.3 Å². The zero-order valence-corrected chi connectivity index (χ0v) is 9.96. The lowest BCUT2D eigenvalue weighted by molar-refractivity contribution is -0.118. The van der Waals surface area contributed by atoms with Crippen molar-refractivity contribution in [3.8, 4) is 0 Å². The molecule has 0 radical (unpaired) electrons. The minimum atomic E-state index is 0.197. The molecule has 0 spiro atoms. The molecule has 0 saturated carbocycles. The quantitative estimate of drug-likeness (QED) is 0.842. The first kappa shape index (κ1) is 10.6. The lowest BCUT2D eigenvalue weighted by atomic mass is 10.2. The predicted molar refractivity (Wildman–Crippen MR) is 64.0 cm³/mol. The second-order valence-corrected chi connectivity index (χ2v) is 4.44. The predicted octanol–water partition coefficient (Wildman–Crippen LogP) is 1.78. The number of halogens is 1. The Kier molecular flexibility index (Phi) is 3.38. The van der Waals surface area contributed by atoms with Crippen LogP contribution < -0.4 is 10.2 Å². The van der Waals surface area contributed by atoms with E-state index in [-0.39, 0.29) is 5.91 Å².